The minimum Gasteiger partial charge on any atom is -0.396 e. The third-order valence-corrected chi connectivity index (χ3v) is 5.89. The summed E-state index contributed by atoms with van der Waals surface area (Å²) in [7, 11) is 0. The highest BCUT2D eigenvalue weighted by atomic mass is 35.5. The van der Waals surface area contributed by atoms with Gasteiger partial charge in [0.1, 0.15) is 0 Å². The maximum atomic E-state index is 9.17. The predicted molar refractivity (Wildman–Crippen MR) is 120 cm³/mol. The van der Waals surface area contributed by atoms with Gasteiger partial charge in [0, 0.05) is 43.5 Å². The molecule has 1 heterocycles. The van der Waals surface area contributed by atoms with Gasteiger partial charge in [-0.3, -0.25) is 4.90 Å². The number of nitrogens with zero attached hydrogens (tertiary/aromatic N) is 2. The third-order valence-electron chi connectivity index (χ3n) is 5.64. The Morgan fingerprint density at radius 2 is 1.55 bits per heavy atom. The van der Waals surface area contributed by atoms with Gasteiger partial charge in [0.05, 0.1) is 6.04 Å². The van der Waals surface area contributed by atoms with Crippen LogP contribution in [0.1, 0.15) is 22.7 Å². The van der Waals surface area contributed by atoms with Crippen LogP contribution < -0.4 is 4.90 Å². The number of halogens is 1. The Hall–Kier alpha value is -2.33. The van der Waals surface area contributed by atoms with Crippen LogP contribution in [0.5, 0.6) is 0 Å². The van der Waals surface area contributed by atoms with Crippen molar-refractivity contribution >= 4 is 17.3 Å². The Bertz CT molecular complexity index is 896. The van der Waals surface area contributed by atoms with Crippen molar-refractivity contribution in [1.82, 2.24) is 4.90 Å². The summed E-state index contributed by atoms with van der Waals surface area (Å²) in [5, 5.41) is 9.94. The monoisotopic (exact) mass is 406 g/mol. The molecule has 1 fully saturated rings. The lowest BCUT2D eigenvalue weighted by molar-refractivity contribution is 0.215. The van der Waals surface area contributed by atoms with E-state index in [2.05, 4.69) is 76.5 Å². The summed E-state index contributed by atoms with van der Waals surface area (Å²) in [6.45, 7) is 4.12. The van der Waals surface area contributed by atoms with E-state index in [-0.39, 0.29) is 12.6 Å². The molecule has 0 radical (unpaired) electrons. The van der Waals surface area contributed by atoms with Crippen LogP contribution in [0.15, 0.2) is 78.9 Å². The normalized spacial score (nSPS) is 17.4. The second-order valence-corrected chi connectivity index (χ2v) is 8.06. The Morgan fingerprint density at radius 1 is 0.828 bits per heavy atom. The fourth-order valence-electron chi connectivity index (χ4n) is 4.09. The Kier molecular flexibility index (Phi) is 6.50. The van der Waals surface area contributed by atoms with Crippen molar-refractivity contribution < 1.29 is 5.11 Å². The van der Waals surface area contributed by atoms with Crippen molar-refractivity contribution in [3.8, 4) is 0 Å². The lowest BCUT2D eigenvalue weighted by Crippen LogP contribution is -2.48. The average molecular weight is 407 g/mol. The Balaban J connectivity index is 1.57. The van der Waals surface area contributed by atoms with Crippen LogP contribution in [0.3, 0.4) is 0 Å². The second kappa shape index (κ2) is 9.45. The highest BCUT2D eigenvalue weighted by molar-refractivity contribution is 6.30. The van der Waals surface area contributed by atoms with Crippen LogP contribution in [0, 0.1) is 0 Å². The molecule has 1 aliphatic heterocycles. The molecule has 0 spiro atoms. The van der Waals surface area contributed by atoms with Gasteiger partial charge < -0.3 is 10.0 Å². The third kappa shape index (κ3) is 4.99. The van der Waals surface area contributed by atoms with Gasteiger partial charge in [0.15, 0.2) is 0 Å². The SMILES string of the molecule is OCCc1ccc(N2CCN(Cc3ccccc3)C[C@H]2c2ccc(Cl)cc2)cc1. The van der Waals surface area contributed by atoms with E-state index in [4.69, 9.17) is 11.6 Å². The molecule has 0 aromatic heterocycles. The summed E-state index contributed by atoms with van der Waals surface area (Å²) in [4.78, 5) is 5.03. The predicted octanol–water partition coefficient (Wildman–Crippen LogP) is 4.94. The maximum Gasteiger partial charge on any atom is 0.0670 e. The molecular formula is C25H27ClN2O. The van der Waals surface area contributed by atoms with E-state index in [0.717, 1.165) is 31.2 Å². The van der Waals surface area contributed by atoms with Gasteiger partial charge in [0.25, 0.3) is 0 Å². The Labute approximate surface area is 178 Å². The zero-order chi connectivity index (χ0) is 20.1. The van der Waals surface area contributed by atoms with Crippen LogP contribution in [0.2, 0.25) is 5.02 Å². The van der Waals surface area contributed by atoms with Gasteiger partial charge in [-0.25, -0.2) is 0 Å². The van der Waals surface area contributed by atoms with Crippen molar-refractivity contribution in [2.45, 2.75) is 19.0 Å². The number of hydrogen-bond acceptors (Lipinski definition) is 3. The minimum atomic E-state index is 0.185. The largest absolute Gasteiger partial charge is 0.396 e. The number of aliphatic hydroxyl groups excluding tert-OH is 1. The lowest BCUT2D eigenvalue weighted by Gasteiger charge is -2.43. The number of rotatable bonds is 6. The van der Waals surface area contributed by atoms with Gasteiger partial charge in [-0.05, 0) is 47.4 Å². The molecule has 0 bridgehead atoms. The van der Waals surface area contributed by atoms with E-state index >= 15 is 0 Å². The number of aliphatic hydroxyl groups is 1. The van der Waals surface area contributed by atoms with E-state index in [1.165, 1.54) is 22.4 Å². The molecule has 1 saturated heterocycles. The smallest absolute Gasteiger partial charge is 0.0670 e. The number of anilines is 1. The first-order chi connectivity index (χ1) is 14.2. The summed E-state index contributed by atoms with van der Waals surface area (Å²) >= 11 is 6.14. The van der Waals surface area contributed by atoms with Gasteiger partial charge in [-0.15, -0.1) is 0 Å². The summed E-state index contributed by atoms with van der Waals surface area (Å²) in [6, 6.07) is 27.8. The molecule has 150 valence electrons. The molecule has 4 heteroatoms. The minimum absolute atomic E-state index is 0.185. The standard InChI is InChI=1S/C25H27ClN2O/c26-23-10-8-22(9-11-23)25-19-27(18-21-4-2-1-3-5-21)15-16-28(25)24-12-6-20(7-13-24)14-17-29/h1-13,25,29H,14-19H2/t25-/m0/s1. The molecule has 1 aliphatic rings. The molecule has 3 nitrogen and oxygen atoms in total. The quantitative estimate of drug-likeness (QED) is 0.628. The molecule has 0 unspecified atom stereocenters. The molecular weight excluding hydrogens is 380 g/mol. The number of hydrogen-bond donors (Lipinski definition) is 1. The highest BCUT2D eigenvalue weighted by Gasteiger charge is 2.28. The fourth-order valence-corrected chi connectivity index (χ4v) is 4.21. The van der Waals surface area contributed by atoms with Crippen LogP contribution >= 0.6 is 11.6 Å². The number of piperazine rings is 1. The second-order valence-electron chi connectivity index (χ2n) is 7.62. The van der Waals surface area contributed by atoms with Crippen LogP contribution in [0.25, 0.3) is 0 Å². The van der Waals surface area contributed by atoms with Crippen molar-refractivity contribution in [3.63, 3.8) is 0 Å². The summed E-state index contributed by atoms with van der Waals surface area (Å²) in [5.41, 5.74) is 5.03. The van der Waals surface area contributed by atoms with E-state index in [0.29, 0.717) is 6.42 Å². The first kappa shape index (κ1) is 20.0. The zero-order valence-corrected chi connectivity index (χ0v) is 17.3. The summed E-state index contributed by atoms with van der Waals surface area (Å²) < 4.78 is 0. The van der Waals surface area contributed by atoms with Gasteiger partial charge in [-0.2, -0.15) is 0 Å². The molecule has 0 saturated carbocycles. The van der Waals surface area contributed by atoms with Crippen LogP contribution in [-0.4, -0.2) is 36.2 Å². The van der Waals surface area contributed by atoms with Crippen LogP contribution in [-0.2, 0) is 13.0 Å². The highest BCUT2D eigenvalue weighted by Crippen LogP contribution is 2.32. The van der Waals surface area contributed by atoms with Crippen LogP contribution in [0.4, 0.5) is 5.69 Å². The molecule has 29 heavy (non-hydrogen) atoms. The van der Waals surface area contributed by atoms with Gasteiger partial charge in [0.2, 0.25) is 0 Å². The molecule has 3 aromatic carbocycles. The maximum absolute atomic E-state index is 9.17. The molecule has 1 atom stereocenters. The molecule has 3 aromatic rings. The molecule has 0 aliphatic carbocycles. The lowest BCUT2D eigenvalue weighted by atomic mass is 10.0. The van der Waals surface area contributed by atoms with E-state index in [1.54, 1.807) is 0 Å². The van der Waals surface area contributed by atoms with Crippen molar-refractivity contribution in [2.24, 2.45) is 0 Å². The first-order valence-corrected chi connectivity index (χ1v) is 10.6. The molecule has 0 amide bonds. The van der Waals surface area contributed by atoms with E-state index in [9.17, 15) is 5.11 Å². The topological polar surface area (TPSA) is 26.7 Å². The molecule has 4 rings (SSSR count). The first-order valence-electron chi connectivity index (χ1n) is 10.2. The summed E-state index contributed by atoms with van der Waals surface area (Å²) in [5.74, 6) is 0. The average Bonchev–Trinajstić information content (AvgIpc) is 2.76. The van der Waals surface area contributed by atoms with Crippen molar-refractivity contribution in [1.29, 1.82) is 0 Å². The fraction of sp³-hybridized carbons (Fsp3) is 0.280. The Morgan fingerprint density at radius 3 is 2.24 bits per heavy atom. The summed E-state index contributed by atoms with van der Waals surface area (Å²) in [6.07, 6.45) is 0.700. The molecule has 1 N–H and O–H groups in total. The zero-order valence-electron chi connectivity index (χ0n) is 16.5. The van der Waals surface area contributed by atoms with E-state index in [1.807, 2.05) is 12.1 Å². The van der Waals surface area contributed by atoms with Gasteiger partial charge in [-0.1, -0.05) is 66.2 Å². The van der Waals surface area contributed by atoms with E-state index < -0.39 is 0 Å². The van der Waals surface area contributed by atoms with Crippen molar-refractivity contribution in [2.75, 3.05) is 31.1 Å². The van der Waals surface area contributed by atoms with Gasteiger partial charge >= 0.3 is 0 Å². The van der Waals surface area contributed by atoms with Crippen molar-refractivity contribution in [3.05, 3.63) is 101 Å². The number of benzene rings is 3.